The van der Waals surface area contributed by atoms with Gasteiger partial charge in [-0.25, -0.2) is 9.79 Å². The van der Waals surface area contributed by atoms with Crippen LogP contribution in [0.15, 0.2) is 58.5 Å². The van der Waals surface area contributed by atoms with E-state index in [0.717, 1.165) is 16.3 Å². The zero-order chi connectivity index (χ0) is 14.9. The van der Waals surface area contributed by atoms with Crippen molar-refractivity contribution in [1.82, 2.24) is 9.59 Å². The Morgan fingerprint density at radius 3 is 2.77 bits per heavy atom. The molecule has 1 aromatic heterocycles. The highest BCUT2D eigenvalue weighted by atomic mass is 32.1. The highest BCUT2D eigenvalue weighted by Gasteiger charge is 2.24. The predicted molar refractivity (Wildman–Crippen MR) is 84.5 cm³/mol. The van der Waals surface area contributed by atoms with Crippen molar-refractivity contribution in [2.45, 2.75) is 0 Å². The molecule has 0 saturated carbocycles. The third kappa shape index (κ3) is 2.29. The van der Waals surface area contributed by atoms with E-state index >= 15 is 0 Å². The monoisotopic (exact) mass is 307 g/mol. The number of cyclic esters (lactones) is 1. The largest absolute Gasteiger partial charge is 0.402 e. The van der Waals surface area contributed by atoms with Gasteiger partial charge in [-0.3, -0.25) is 0 Å². The molecule has 0 unspecified atom stereocenters. The minimum absolute atomic E-state index is 0.232. The minimum Gasteiger partial charge on any atom is -0.402 e. The number of esters is 1. The molecule has 0 fully saturated rings. The average Bonchev–Trinajstić information content (AvgIpc) is 3.18. The van der Waals surface area contributed by atoms with Crippen LogP contribution in [-0.2, 0) is 9.53 Å². The number of carbonyl (C=O) groups excluding carboxylic acids is 1. The van der Waals surface area contributed by atoms with E-state index in [-0.39, 0.29) is 5.70 Å². The lowest BCUT2D eigenvalue weighted by Crippen LogP contribution is -2.05. The zero-order valence-electron chi connectivity index (χ0n) is 11.3. The van der Waals surface area contributed by atoms with Gasteiger partial charge >= 0.3 is 5.97 Å². The van der Waals surface area contributed by atoms with Crippen molar-refractivity contribution in [3.05, 3.63) is 64.8 Å². The molecule has 1 aliphatic rings. The summed E-state index contributed by atoms with van der Waals surface area (Å²) in [6.45, 7) is 0. The van der Waals surface area contributed by atoms with Crippen molar-refractivity contribution in [3.63, 3.8) is 0 Å². The van der Waals surface area contributed by atoms with Gasteiger partial charge in [-0.1, -0.05) is 34.8 Å². The van der Waals surface area contributed by atoms with Crippen LogP contribution in [-0.4, -0.2) is 21.5 Å². The number of nitrogens with zero attached hydrogens (tertiary/aromatic N) is 3. The molecule has 4 rings (SSSR count). The normalized spacial score (nSPS) is 16.1. The van der Waals surface area contributed by atoms with Gasteiger partial charge in [0.15, 0.2) is 5.70 Å². The van der Waals surface area contributed by atoms with Gasteiger partial charge in [0.2, 0.25) is 5.90 Å². The van der Waals surface area contributed by atoms with Gasteiger partial charge in [-0.2, -0.15) is 0 Å². The zero-order valence-corrected chi connectivity index (χ0v) is 12.1. The molecule has 5 nitrogen and oxygen atoms in total. The van der Waals surface area contributed by atoms with Gasteiger partial charge in [0.25, 0.3) is 0 Å². The van der Waals surface area contributed by atoms with Gasteiger partial charge in [0, 0.05) is 10.9 Å². The Bertz CT molecular complexity index is 929. The summed E-state index contributed by atoms with van der Waals surface area (Å²) in [7, 11) is 0. The van der Waals surface area contributed by atoms with Crippen LogP contribution in [0.2, 0.25) is 0 Å². The molecule has 0 saturated heterocycles. The van der Waals surface area contributed by atoms with Crippen LogP contribution in [0.5, 0.6) is 0 Å². The topological polar surface area (TPSA) is 64.4 Å². The summed E-state index contributed by atoms with van der Waals surface area (Å²) in [6, 6.07) is 13.8. The van der Waals surface area contributed by atoms with Crippen molar-refractivity contribution in [2.24, 2.45) is 4.99 Å². The van der Waals surface area contributed by atoms with Gasteiger partial charge in [0.05, 0.1) is 0 Å². The number of hydrogen-bond donors (Lipinski definition) is 0. The van der Waals surface area contributed by atoms with E-state index in [1.54, 1.807) is 11.5 Å². The van der Waals surface area contributed by atoms with Crippen LogP contribution in [0.25, 0.3) is 16.8 Å². The summed E-state index contributed by atoms with van der Waals surface area (Å²) >= 11 is 1.22. The molecule has 2 heterocycles. The number of carbonyl (C=O) groups is 1. The summed E-state index contributed by atoms with van der Waals surface area (Å²) in [5, 5.41) is 7.80. The fourth-order valence-corrected chi connectivity index (χ4v) is 2.64. The lowest BCUT2D eigenvalue weighted by atomic mass is 10.1. The van der Waals surface area contributed by atoms with Crippen LogP contribution in [0.3, 0.4) is 0 Å². The highest BCUT2D eigenvalue weighted by molar-refractivity contribution is 7.03. The number of aromatic nitrogens is 2. The third-order valence-corrected chi connectivity index (χ3v) is 3.80. The molecule has 6 heteroatoms. The van der Waals surface area contributed by atoms with Gasteiger partial charge in [-0.05, 0) is 40.5 Å². The van der Waals surface area contributed by atoms with Crippen molar-refractivity contribution < 1.29 is 9.53 Å². The van der Waals surface area contributed by atoms with E-state index < -0.39 is 5.97 Å². The number of ether oxygens (including phenoxy) is 1. The number of aliphatic imine (C=N–C) groups is 1. The quantitative estimate of drug-likeness (QED) is 0.539. The van der Waals surface area contributed by atoms with Crippen molar-refractivity contribution in [2.75, 3.05) is 0 Å². The molecule has 0 atom stereocenters. The van der Waals surface area contributed by atoms with E-state index in [2.05, 4.69) is 14.6 Å². The van der Waals surface area contributed by atoms with Crippen LogP contribution in [0.1, 0.15) is 11.3 Å². The maximum Gasteiger partial charge on any atom is 0.363 e. The fourth-order valence-electron chi connectivity index (χ4n) is 2.23. The number of hydrogen-bond acceptors (Lipinski definition) is 6. The number of rotatable bonds is 2. The molecule has 106 valence electrons. The van der Waals surface area contributed by atoms with Gasteiger partial charge < -0.3 is 4.74 Å². The van der Waals surface area contributed by atoms with Crippen LogP contribution in [0.4, 0.5) is 0 Å². The van der Waals surface area contributed by atoms with Gasteiger partial charge in [0.1, 0.15) is 5.69 Å². The lowest BCUT2D eigenvalue weighted by molar-refractivity contribution is -0.129. The second kappa shape index (κ2) is 5.16. The molecule has 2 aromatic carbocycles. The Kier molecular flexibility index (Phi) is 3.01. The minimum atomic E-state index is -0.476. The molecule has 0 radical (unpaired) electrons. The molecular formula is C16H9N3O2S. The van der Waals surface area contributed by atoms with Crippen LogP contribution < -0.4 is 0 Å². The molecule has 0 N–H and O–H groups in total. The summed E-state index contributed by atoms with van der Waals surface area (Å²) in [6.07, 6.45) is 1.57. The lowest BCUT2D eigenvalue weighted by Gasteiger charge is -2.02. The van der Waals surface area contributed by atoms with Crippen molar-refractivity contribution in [3.8, 4) is 0 Å². The summed E-state index contributed by atoms with van der Waals surface area (Å²) < 4.78 is 9.00. The molecule has 0 amide bonds. The predicted octanol–water partition coefficient (Wildman–Crippen LogP) is 3.04. The second-order valence-electron chi connectivity index (χ2n) is 4.73. The first-order valence-corrected chi connectivity index (χ1v) is 7.42. The summed E-state index contributed by atoms with van der Waals surface area (Å²) in [4.78, 5) is 16.2. The first-order chi connectivity index (χ1) is 10.8. The van der Waals surface area contributed by atoms with Crippen LogP contribution >= 0.6 is 11.5 Å². The molecule has 1 aliphatic heterocycles. The first-order valence-electron chi connectivity index (χ1n) is 6.58. The van der Waals surface area contributed by atoms with E-state index in [1.807, 2.05) is 42.5 Å². The molecule has 0 spiro atoms. The molecule has 3 aromatic rings. The Hall–Kier alpha value is -2.86. The fraction of sp³-hybridized carbons (Fsp3) is 0. The third-order valence-electron chi connectivity index (χ3n) is 3.28. The SMILES string of the molecule is O=C1OC(c2ccc3ccccc3c2)=N/C1=C/c1csnn1. The van der Waals surface area contributed by atoms with E-state index in [4.69, 9.17) is 4.74 Å². The van der Waals surface area contributed by atoms with Crippen molar-refractivity contribution in [1.29, 1.82) is 0 Å². The molecule has 22 heavy (non-hydrogen) atoms. The van der Waals surface area contributed by atoms with Crippen LogP contribution in [0, 0.1) is 0 Å². The summed E-state index contributed by atoms with van der Waals surface area (Å²) in [5.41, 5.74) is 1.60. The maximum absolute atomic E-state index is 11.9. The molecular weight excluding hydrogens is 298 g/mol. The molecule has 0 aliphatic carbocycles. The van der Waals surface area contributed by atoms with E-state index in [9.17, 15) is 4.79 Å². The Morgan fingerprint density at radius 1 is 1.09 bits per heavy atom. The van der Waals surface area contributed by atoms with Gasteiger partial charge in [-0.15, -0.1) is 5.10 Å². The first kappa shape index (κ1) is 12.8. The standard InChI is InChI=1S/C16H9N3O2S/c20-16-14(8-13-9-22-19-18-13)17-15(21-16)12-6-5-10-3-1-2-4-11(10)7-12/h1-9H/b14-8+. The molecule has 0 bridgehead atoms. The number of fused-ring (bicyclic) bond motifs is 1. The maximum atomic E-state index is 11.9. The van der Waals surface area contributed by atoms with E-state index in [0.29, 0.717) is 11.6 Å². The van der Waals surface area contributed by atoms with E-state index in [1.165, 1.54) is 11.5 Å². The average molecular weight is 307 g/mol. The Morgan fingerprint density at radius 2 is 1.95 bits per heavy atom. The Balaban J connectivity index is 1.74. The number of benzene rings is 2. The highest BCUT2D eigenvalue weighted by Crippen LogP contribution is 2.22. The van der Waals surface area contributed by atoms with Crippen molar-refractivity contribution >= 4 is 40.2 Å². The summed E-state index contributed by atoms with van der Waals surface area (Å²) in [5.74, 6) is -0.165. The second-order valence-corrected chi connectivity index (χ2v) is 5.34. The Labute approximate surface area is 129 Å². The smallest absolute Gasteiger partial charge is 0.363 e.